The largest absolute Gasteiger partial charge is 0.495 e. The maximum atomic E-state index is 13.5. The lowest BCUT2D eigenvalue weighted by Crippen LogP contribution is -2.41. The lowest BCUT2D eigenvalue weighted by atomic mass is 10.1. The van der Waals surface area contributed by atoms with Crippen molar-refractivity contribution in [3.05, 3.63) is 88.4 Å². The highest BCUT2D eigenvalue weighted by Crippen LogP contribution is 2.32. The van der Waals surface area contributed by atoms with Gasteiger partial charge in [0.25, 0.3) is 10.0 Å². The summed E-state index contributed by atoms with van der Waals surface area (Å²) in [6.07, 6.45) is 0.928. The van der Waals surface area contributed by atoms with Crippen molar-refractivity contribution < 1.29 is 17.9 Å². The molecule has 8 heteroatoms. The lowest BCUT2D eigenvalue weighted by Gasteiger charge is -2.25. The minimum atomic E-state index is -4.04. The van der Waals surface area contributed by atoms with Crippen LogP contribution in [0.4, 0.5) is 5.69 Å². The average molecular weight is 501 g/mol. The van der Waals surface area contributed by atoms with E-state index in [1.54, 1.807) is 24.3 Å². The zero-order valence-electron chi connectivity index (χ0n) is 19.7. The van der Waals surface area contributed by atoms with Gasteiger partial charge in [-0.1, -0.05) is 60.5 Å². The number of carbonyl (C=O) groups excluding carboxylic acids is 1. The van der Waals surface area contributed by atoms with Crippen LogP contribution < -0.4 is 14.4 Å². The van der Waals surface area contributed by atoms with Crippen LogP contribution in [-0.2, 0) is 21.2 Å². The van der Waals surface area contributed by atoms with Crippen LogP contribution >= 0.6 is 11.6 Å². The first-order valence-electron chi connectivity index (χ1n) is 11.0. The Balaban J connectivity index is 1.90. The van der Waals surface area contributed by atoms with Crippen molar-refractivity contribution in [1.29, 1.82) is 0 Å². The maximum absolute atomic E-state index is 13.5. The number of aryl methyl sites for hydroxylation is 2. The van der Waals surface area contributed by atoms with Gasteiger partial charge in [-0.2, -0.15) is 0 Å². The molecule has 0 saturated carbocycles. The Morgan fingerprint density at radius 2 is 1.71 bits per heavy atom. The Morgan fingerprint density at radius 3 is 2.26 bits per heavy atom. The minimum absolute atomic E-state index is 0.0843. The molecule has 0 bridgehead atoms. The molecule has 3 aromatic carbocycles. The minimum Gasteiger partial charge on any atom is -0.495 e. The second kappa shape index (κ2) is 10.9. The summed E-state index contributed by atoms with van der Waals surface area (Å²) < 4.78 is 33.3. The second-order valence-corrected chi connectivity index (χ2v) is 10.3. The fourth-order valence-electron chi connectivity index (χ4n) is 3.51. The molecule has 0 aromatic heterocycles. The van der Waals surface area contributed by atoms with Gasteiger partial charge in [-0.3, -0.25) is 9.10 Å². The Kier molecular flexibility index (Phi) is 8.23. The van der Waals surface area contributed by atoms with Crippen LogP contribution in [0, 0.1) is 6.92 Å². The Hall–Kier alpha value is -3.03. The molecule has 1 amide bonds. The predicted octanol–water partition coefficient (Wildman–Crippen LogP) is 5.29. The van der Waals surface area contributed by atoms with Gasteiger partial charge in [0.05, 0.1) is 28.8 Å². The smallest absolute Gasteiger partial charge is 0.264 e. The van der Waals surface area contributed by atoms with Crippen LogP contribution in [0.5, 0.6) is 5.75 Å². The fourth-order valence-corrected chi connectivity index (χ4v) is 5.17. The highest BCUT2D eigenvalue weighted by molar-refractivity contribution is 7.92. The Bertz CT molecular complexity index is 1240. The van der Waals surface area contributed by atoms with Crippen LogP contribution in [0.1, 0.15) is 36.6 Å². The number of sulfonamides is 1. The van der Waals surface area contributed by atoms with Crippen LogP contribution in [0.2, 0.25) is 5.02 Å². The molecule has 0 unspecified atom stereocenters. The number of benzene rings is 3. The molecule has 1 atom stereocenters. The number of nitrogens with one attached hydrogen (secondary N) is 1. The van der Waals surface area contributed by atoms with E-state index in [-0.39, 0.29) is 21.6 Å². The van der Waals surface area contributed by atoms with E-state index in [0.29, 0.717) is 5.75 Å². The molecule has 34 heavy (non-hydrogen) atoms. The molecule has 0 radical (unpaired) electrons. The van der Waals surface area contributed by atoms with Crippen LogP contribution in [0.3, 0.4) is 0 Å². The van der Waals surface area contributed by atoms with Gasteiger partial charge in [0.15, 0.2) is 0 Å². The highest BCUT2D eigenvalue weighted by Gasteiger charge is 2.28. The van der Waals surface area contributed by atoms with E-state index in [2.05, 4.69) is 12.2 Å². The zero-order valence-corrected chi connectivity index (χ0v) is 21.3. The molecule has 0 aliphatic rings. The second-order valence-electron chi connectivity index (χ2n) is 8.03. The SMILES string of the molecule is CCc1ccc([C@@H](C)NC(=O)CN(c2ccc(OC)c(Cl)c2)S(=O)(=O)c2ccc(C)cc2)cc1. The van der Waals surface area contributed by atoms with E-state index in [1.807, 2.05) is 38.1 Å². The van der Waals surface area contributed by atoms with Gasteiger partial charge >= 0.3 is 0 Å². The average Bonchev–Trinajstić information content (AvgIpc) is 2.82. The van der Waals surface area contributed by atoms with E-state index in [9.17, 15) is 13.2 Å². The van der Waals surface area contributed by atoms with Crippen LogP contribution in [-0.4, -0.2) is 28.0 Å². The number of hydrogen-bond acceptors (Lipinski definition) is 4. The summed E-state index contributed by atoms with van der Waals surface area (Å²) in [6, 6.07) is 18.8. The third-order valence-corrected chi connectivity index (χ3v) is 7.67. The third kappa shape index (κ3) is 5.90. The van der Waals surface area contributed by atoms with Crippen molar-refractivity contribution in [2.24, 2.45) is 0 Å². The predicted molar refractivity (Wildman–Crippen MR) is 136 cm³/mol. The summed E-state index contributed by atoms with van der Waals surface area (Å²) >= 11 is 6.27. The first-order chi connectivity index (χ1) is 16.1. The van der Waals surface area contributed by atoms with Gasteiger partial charge in [-0.15, -0.1) is 0 Å². The van der Waals surface area contributed by atoms with Gasteiger partial charge < -0.3 is 10.1 Å². The number of rotatable bonds is 9. The normalized spacial score (nSPS) is 12.1. The van der Waals surface area contributed by atoms with Gasteiger partial charge in [0.1, 0.15) is 12.3 Å². The first-order valence-corrected chi connectivity index (χ1v) is 12.8. The molecule has 0 heterocycles. The molecule has 0 fully saturated rings. The summed E-state index contributed by atoms with van der Waals surface area (Å²) in [7, 11) is -2.56. The molecule has 180 valence electrons. The van der Waals surface area contributed by atoms with E-state index < -0.39 is 22.5 Å². The standard InChI is InChI=1S/C26H29ClN2O4S/c1-5-20-8-10-21(11-9-20)19(3)28-26(30)17-29(22-12-15-25(33-4)24(27)16-22)34(31,32)23-13-6-18(2)7-14-23/h6-16,19H,5,17H2,1-4H3,(H,28,30)/t19-/m1/s1. The number of anilines is 1. The molecule has 6 nitrogen and oxygen atoms in total. The molecule has 3 aromatic rings. The third-order valence-electron chi connectivity index (χ3n) is 5.59. The van der Waals surface area contributed by atoms with E-state index in [1.165, 1.54) is 30.9 Å². The molecule has 0 spiro atoms. The summed E-state index contributed by atoms with van der Waals surface area (Å²) in [6.45, 7) is 5.41. The highest BCUT2D eigenvalue weighted by atomic mass is 35.5. The molecular formula is C26H29ClN2O4S. The van der Waals surface area contributed by atoms with E-state index in [4.69, 9.17) is 16.3 Å². The van der Waals surface area contributed by atoms with Gasteiger partial charge in [0.2, 0.25) is 5.91 Å². The number of amides is 1. The molecule has 0 aliphatic carbocycles. The molecule has 3 rings (SSSR count). The number of halogens is 1. The number of ether oxygens (including phenoxy) is 1. The van der Waals surface area contributed by atoms with Crippen LogP contribution in [0.15, 0.2) is 71.6 Å². The van der Waals surface area contributed by atoms with Crippen molar-refractivity contribution >= 4 is 33.2 Å². The van der Waals surface area contributed by atoms with Crippen molar-refractivity contribution in [3.8, 4) is 5.75 Å². The summed E-state index contributed by atoms with van der Waals surface area (Å²) in [5.74, 6) is -0.0265. The molecule has 0 saturated heterocycles. The summed E-state index contributed by atoms with van der Waals surface area (Å²) in [5.41, 5.74) is 3.33. The Labute approximate surface area is 206 Å². The molecule has 0 aliphatic heterocycles. The number of carbonyl (C=O) groups is 1. The zero-order chi connectivity index (χ0) is 24.9. The first kappa shape index (κ1) is 25.6. The lowest BCUT2D eigenvalue weighted by molar-refractivity contribution is -0.120. The van der Waals surface area contributed by atoms with Gasteiger partial charge in [-0.25, -0.2) is 8.42 Å². The van der Waals surface area contributed by atoms with Gasteiger partial charge in [-0.05, 0) is 61.7 Å². The van der Waals surface area contributed by atoms with Crippen molar-refractivity contribution in [2.45, 2.75) is 38.1 Å². The van der Waals surface area contributed by atoms with E-state index >= 15 is 0 Å². The van der Waals surface area contributed by atoms with Crippen molar-refractivity contribution in [2.75, 3.05) is 18.0 Å². The van der Waals surface area contributed by atoms with Crippen molar-refractivity contribution in [3.63, 3.8) is 0 Å². The Morgan fingerprint density at radius 1 is 1.06 bits per heavy atom. The summed E-state index contributed by atoms with van der Waals surface area (Å²) in [4.78, 5) is 13.1. The number of methoxy groups -OCH3 is 1. The quantitative estimate of drug-likeness (QED) is 0.433. The van der Waals surface area contributed by atoms with E-state index in [0.717, 1.165) is 21.9 Å². The maximum Gasteiger partial charge on any atom is 0.264 e. The number of hydrogen-bond donors (Lipinski definition) is 1. The monoisotopic (exact) mass is 500 g/mol. The number of nitrogens with zero attached hydrogens (tertiary/aromatic N) is 1. The molecule has 1 N–H and O–H groups in total. The van der Waals surface area contributed by atoms with Crippen LogP contribution in [0.25, 0.3) is 0 Å². The topological polar surface area (TPSA) is 75.7 Å². The van der Waals surface area contributed by atoms with Crippen molar-refractivity contribution in [1.82, 2.24) is 5.32 Å². The molecular weight excluding hydrogens is 472 g/mol. The summed E-state index contributed by atoms with van der Waals surface area (Å²) in [5, 5.41) is 3.15. The van der Waals surface area contributed by atoms with Gasteiger partial charge in [0, 0.05) is 0 Å². The fraction of sp³-hybridized carbons (Fsp3) is 0.269.